The van der Waals surface area contributed by atoms with Crippen LogP contribution in [-0.2, 0) is 0 Å². The first kappa shape index (κ1) is 12.1. The number of nitrogens with two attached hydrogens (primary N) is 1. The van der Waals surface area contributed by atoms with E-state index < -0.39 is 4.92 Å². The van der Waals surface area contributed by atoms with E-state index >= 15 is 0 Å². The highest BCUT2D eigenvalue weighted by Gasteiger charge is 2.21. The third-order valence-corrected chi connectivity index (χ3v) is 1.84. The van der Waals surface area contributed by atoms with Crippen molar-refractivity contribution in [3.05, 3.63) is 22.2 Å². The summed E-state index contributed by atoms with van der Waals surface area (Å²) in [7, 11) is 0. The molecule has 0 aromatic heterocycles. The first-order valence-corrected chi connectivity index (χ1v) is 4.93. The van der Waals surface area contributed by atoms with Crippen LogP contribution in [-0.4, -0.2) is 18.1 Å². The maximum atomic E-state index is 10.8. The van der Waals surface area contributed by atoms with Crippen molar-refractivity contribution in [1.82, 2.24) is 0 Å². The second kappa shape index (κ2) is 5.20. The molecule has 16 heavy (non-hydrogen) atoms. The van der Waals surface area contributed by atoms with Gasteiger partial charge in [0.15, 0.2) is 5.75 Å². The second-order valence-corrected chi connectivity index (χ2v) is 2.99. The van der Waals surface area contributed by atoms with Crippen molar-refractivity contribution in [2.24, 2.45) is 0 Å². The molecular formula is C10H14N2O4. The van der Waals surface area contributed by atoms with E-state index in [0.29, 0.717) is 19.0 Å². The molecule has 0 fully saturated rings. The summed E-state index contributed by atoms with van der Waals surface area (Å²) in [5, 5.41) is 10.8. The molecule has 0 amide bonds. The van der Waals surface area contributed by atoms with Crippen LogP contribution in [0.1, 0.15) is 13.8 Å². The largest absolute Gasteiger partial charge is 0.490 e. The van der Waals surface area contributed by atoms with Gasteiger partial charge in [0, 0.05) is 17.8 Å². The zero-order valence-electron chi connectivity index (χ0n) is 9.23. The van der Waals surface area contributed by atoms with Crippen LogP contribution in [0.3, 0.4) is 0 Å². The number of nitrogens with zero attached hydrogens (tertiary/aromatic N) is 1. The second-order valence-electron chi connectivity index (χ2n) is 2.99. The van der Waals surface area contributed by atoms with Gasteiger partial charge >= 0.3 is 5.69 Å². The van der Waals surface area contributed by atoms with E-state index in [4.69, 9.17) is 15.2 Å². The third kappa shape index (κ3) is 2.53. The maximum absolute atomic E-state index is 10.8. The molecule has 0 aliphatic heterocycles. The van der Waals surface area contributed by atoms with Crippen LogP contribution < -0.4 is 15.2 Å². The van der Waals surface area contributed by atoms with Gasteiger partial charge < -0.3 is 15.2 Å². The molecule has 6 heteroatoms. The summed E-state index contributed by atoms with van der Waals surface area (Å²) in [6, 6.07) is 2.77. The lowest BCUT2D eigenvalue weighted by Crippen LogP contribution is -2.03. The Bertz CT molecular complexity index is 393. The molecule has 0 radical (unpaired) electrons. The van der Waals surface area contributed by atoms with E-state index in [1.54, 1.807) is 13.8 Å². The number of nitrogen functional groups attached to an aromatic ring is 1. The van der Waals surface area contributed by atoms with Crippen molar-refractivity contribution >= 4 is 11.4 Å². The fraction of sp³-hybridized carbons (Fsp3) is 0.400. The van der Waals surface area contributed by atoms with Gasteiger partial charge in [-0.3, -0.25) is 10.1 Å². The highest BCUT2D eigenvalue weighted by molar-refractivity contribution is 5.64. The summed E-state index contributed by atoms with van der Waals surface area (Å²) in [6.45, 7) is 4.24. The van der Waals surface area contributed by atoms with Crippen LogP contribution >= 0.6 is 0 Å². The fourth-order valence-corrected chi connectivity index (χ4v) is 1.30. The van der Waals surface area contributed by atoms with Crippen molar-refractivity contribution in [3.63, 3.8) is 0 Å². The van der Waals surface area contributed by atoms with Gasteiger partial charge in [0.1, 0.15) is 0 Å². The summed E-state index contributed by atoms with van der Waals surface area (Å²) in [4.78, 5) is 10.3. The first-order valence-electron chi connectivity index (χ1n) is 4.93. The van der Waals surface area contributed by atoms with Gasteiger partial charge in [-0.1, -0.05) is 0 Å². The predicted octanol–water partition coefficient (Wildman–Crippen LogP) is 1.97. The molecule has 6 nitrogen and oxygen atoms in total. The van der Waals surface area contributed by atoms with Gasteiger partial charge in [-0.05, 0) is 13.8 Å². The Labute approximate surface area is 93.1 Å². The smallest absolute Gasteiger partial charge is 0.316 e. The van der Waals surface area contributed by atoms with Crippen LogP contribution in [0, 0.1) is 10.1 Å². The molecule has 0 bridgehead atoms. The minimum Gasteiger partial charge on any atom is -0.490 e. The van der Waals surface area contributed by atoms with Crippen LogP contribution in [0.2, 0.25) is 0 Å². The topological polar surface area (TPSA) is 87.6 Å². The predicted molar refractivity (Wildman–Crippen MR) is 59.8 cm³/mol. The number of nitro benzene ring substituents is 1. The van der Waals surface area contributed by atoms with Gasteiger partial charge in [0.2, 0.25) is 5.75 Å². The zero-order chi connectivity index (χ0) is 12.1. The molecule has 0 spiro atoms. The van der Waals surface area contributed by atoms with Gasteiger partial charge in [-0.2, -0.15) is 0 Å². The van der Waals surface area contributed by atoms with Gasteiger partial charge in [-0.25, -0.2) is 0 Å². The molecule has 2 N–H and O–H groups in total. The third-order valence-electron chi connectivity index (χ3n) is 1.84. The highest BCUT2D eigenvalue weighted by Crippen LogP contribution is 2.39. The van der Waals surface area contributed by atoms with E-state index in [1.165, 1.54) is 12.1 Å². The Balaban J connectivity index is 3.28. The molecule has 88 valence electrons. The quantitative estimate of drug-likeness (QED) is 0.471. The van der Waals surface area contributed by atoms with E-state index in [0.717, 1.165) is 0 Å². The Morgan fingerprint density at radius 2 is 1.94 bits per heavy atom. The summed E-state index contributed by atoms with van der Waals surface area (Å²) < 4.78 is 10.5. The lowest BCUT2D eigenvalue weighted by atomic mass is 10.2. The number of anilines is 1. The average molecular weight is 226 g/mol. The fourth-order valence-electron chi connectivity index (χ4n) is 1.30. The van der Waals surface area contributed by atoms with E-state index in [2.05, 4.69) is 0 Å². The maximum Gasteiger partial charge on any atom is 0.316 e. The van der Waals surface area contributed by atoms with Crippen molar-refractivity contribution in [2.75, 3.05) is 18.9 Å². The monoisotopic (exact) mass is 226 g/mol. The van der Waals surface area contributed by atoms with Crippen molar-refractivity contribution in [2.45, 2.75) is 13.8 Å². The number of benzene rings is 1. The molecule has 0 saturated carbocycles. The average Bonchev–Trinajstić information content (AvgIpc) is 2.21. The molecule has 0 unspecified atom stereocenters. The van der Waals surface area contributed by atoms with E-state index in [9.17, 15) is 10.1 Å². The zero-order valence-corrected chi connectivity index (χ0v) is 9.23. The minimum absolute atomic E-state index is 0.128. The summed E-state index contributed by atoms with van der Waals surface area (Å²) in [5.41, 5.74) is 5.65. The molecule has 0 aliphatic carbocycles. The molecule has 1 aromatic carbocycles. The number of nitro groups is 1. The Kier molecular flexibility index (Phi) is 3.93. The molecule has 0 saturated heterocycles. The van der Waals surface area contributed by atoms with Gasteiger partial charge in [0.05, 0.1) is 18.1 Å². The molecular weight excluding hydrogens is 212 g/mol. The number of ether oxygens (including phenoxy) is 2. The molecule has 0 heterocycles. The van der Waals surface area contributed by atoms with E-state index in [1.807, 2.05) is 0 Å². The number of rotatable bonds is 5. The highest BCUT2D eigenvalue weighted by atomic mass is 16.6. The van der Waals surface area contributed by atoms with E-state index in [-0.39, 0.29) is 17.1 Å². The molecule has 0 aliphatic rings. The molecule has 0 atom stereocenters. The lowest BCUT2D eigenvalue weighted by molar-refractivity contribution is -0.385. The van der Waals surface area contributed by atoms with Crippen LogP contribution in [0.15, 0.2) is 12.1 Å². The number of hydrogen-bond donors (Lipinski definition) is 1. The molecule has 1 aromatic rings. The minimum atomic E-state index is -0.538. The van der Waals surface area contributed by atoms with Crippen LogP contribution in [0.4, 0.5) is 11.4 Å². The lowest BCUT2D eigenvalue weighted by Gasteiger charge is -2.11. The summed E-state index contributed by atoms with van der Waals surface area (Å²) >= 11 is 0. The van der Waals surface area contributed by atoms with Gasteiger partial charge in [-0.15, -0.1) is 0 Å². The normalized spacial score (nSPS) is 9.88. The van der Waals surface area contributed by atoms with Crippen molar-refractivity contribution in [3.8, 4) is 11.5 Å². The van der Waals surface area contributed by atoms with Crippen LogP contribution in [0.5, 0.6) is 11.5 Å². The SMILES string of the molecule is CCOc1cc(N)cc([N+](=O)[O-])c1OCC. The Morgan fingerprint density at radius 3 is 2.44 bits per heavy atom. The molecule has 1 rings (SSSR count). The Morgan fingerprint density at radius 1 is 1.31 bits per heavy atom. The van der Waals surface area contributed by atoms with Crippen molar-refractivity contribution < 1.29 is 14.4 Å². The van der Waals surface area contributed by atoms with Gasteiger partial charge in [0.25, 0.3) is 0 Å². The first-order chi connectivity index (χ1) is 7.60. The Hall–Kier alpha value is -1.98. The van der Waals surface area contributed by atoms with Crippen molar-refractivity contribution in [1.29, 1.82) is 0 Å². The number of hydrogen-bond acceptors (Lipinski definition) is 5. The van der Waals surface area contributed by atoms with Crippen LogP contribution in [0.25, 0.3) is 0 Å². The standard InChI is InChI=1S/C10H14N2O4/c1-3-15-9-6-7(11)5-8(12(13)14)10(9)16-4-2/h5-6H,3-4,11H2,1-2H3. The summed E-state index contributed by atoms with van der Waals surface area (Å²) in [6.07, 6.45) is 0. The summed E-state index contributed by atoms with van der Waals surface area (Å²) in [5.74, 6) is 0.430.